The highest BCUT2D eigenvalue weighted by Crippen LogP contribution is 2.20. The van der Waals surface area contributed by atoms with Gasteiger partial charge in [0.1, 0.15) is 0 Å². The van der Waals surface area contributed by atoms with Crippen LogP contribution < -0.4 is 5.73 Å². The fraction of sp³-hybridized carbons (Fsp3) is 0.625. The predicted molar refractivity (Wildman–Crippen MR) is 48.5 cm³/mol. The van der Waals surface area contributed by atoms with Crippen LogP contribution in [-0.2, 0) is 0 Å². The molecule has 1 aromatic rings. The Kier molecular flexibility index (Phi) is 3.02. The summed E-state index contributed by atoms with van der Waals surface area (Å²) in [4.78, 5) is 0. The highest BCUT2D eigenvalue weighted by atomic mass is 32.1. The van der Waals surface area contributed by atoms with E-state index in [2.05, 4.69) is 18.2 Å². The molecule has 0 fully saturated rings. The van der Waals surface area contributed by atoms with Crippen molar-refractivity contribution in [1.29, 1.82) is 0 Å². The van der Waals surface area contributed by atoms with Gasteiger partial charge in [0.15, 0.2) is 0 Å². The summed E-state index contributed by atoms with van der Waals surface area (Å²) >= 11 is 1.47. The van der Waals surface area contributed by atoms with Gasteiger partial charge in [0.05, 0.1) is 11.7 Å². The van der Waals surface area contributed by atoms with Gasteiger partial charge in [-0.1, -0.05) is 20.3 Å². The van der Waals surface area contributed by atoms with E-state index in [1.165, 1.54) is 11.5 Å². The van der Waals surface area contributed by atoms with Crippen molar-refractivity contribution in [3.05, 3.63) is 17.1 Å². The van der Waals surface area contributed by atoms with E-state index < -0.39 is 0 Å². The molecule has 0 aliphatic heterocycles. The van der Waals surface area contributed by atoms with Crippen LogP contribution in [0.3, 0.4) is 0 Å². The van der Waals surface area contributed by atoms with Crippen molar-refractivity contribution in [2.75, 3.05) is 0 Å². The lowest BCUT2D eigenvalue weighted by atomic mass is 9.98. The Hall–Kier alpha value is -0.410. The highest BCUT2D eigenvalue weighted by Gasteiger charge is 2.13. The third kappa shape index (κ3) is 2.01. The van der Waals surface area contributed by atoms with Crippen molar-refractivity contribution in [1.82, 2.24) is 4.37 Å². The molecule has 0 unspecified atom stereocenters. The standard InChI is InChI=1S/C8H14N2S/c1-3-6(2)8(9)7-4-5-11-10-7/h4-6,8H,3,9H2,1-2H3/t6-,8-/m0/s1. The Balaban J connectivity index is 2.62. The molecular weight excluding hydrogens is 156 g/mol. The molecule has 1 rings (SSSR count). The van der Waals surface area contributed by atoms with Crippen LogP contribution in [0.5, 0.6) is 0 Å². The van der Waals surface area contributed by atoms with Gasteiger partial charge in [-0.15, -0.1) is 0 Å². The van der Waals surface area contributed by atoms with Crippen molar-refractivity contribution < 1.29 is 0 Å². The van der Waals surface area contributed by atoms with Gasteiger partial charge in [-0.3, -0.25) is 0 Å². The number of hydrogen-bond acceptors (Lipinski definition) is 3. The molecule has 3 heteroatoms. The normalized spacial score (nSPS) is 16.3. The van der Waals surface area contributed by atoms with Gasteiger partial charge in [-0.05, 0) is 23.5 Å². The maximum absolute atomic E-state index is 5.94. The molecule has 2 N–H and O–H groups in total. The van der Waals surface area contributed by atoms with Gasteiger partial charge in [0, 0.05) is 5.38 Å². The fourth-order valence-electron chi connectivity index (χ4n) is 0.939. The molecule has 1 heterocycles. The maximum Gasteiger partial charge on any atom is 0.0712 e. The molecule has 0 saturated carbocycles. The van der Waals surface area contributed by atoms with Gasteiger partial charge in [0.2, 0.25) is 0 Å². The first-order valence-corrected chi connectivity index (χ1v) is 4.75. The molecule has 0 bridgehead atoms. The minimum Gasteiger partial charge on any atom is -0.322 e. The minimum absolute atomic E-state index is 0.117. The largest absolute Gasteiger partial charge is 0.322 e. The van der Waals surface area contributed by atoms with Crippen LogP contribution >= 0.6 is 11.5 Å². The number of aromatic nitrogens is 1. The molecule has 0 saturated heterocycles. The minimum atomic E-state index is 0.117. The number of rotatable bonds is 3. The van der Waals surface area contributed by atoms with Crippen LogP contribution in [0.25, 0.3) is 0 Å². The van der Waals surface area contributed by atoms with Gasteiger partial charge in [-0.25, -0.2) is 0 Å². The predicted octanol–water partition coefficient (Wildman–Crippen LogP) is 2.19. The molecule has 0 aliphatic carbocycles. The topological polar surface area (TPSA) is 38.9 Å². The van der Waals surface area contributed by atoms with Gasteiger partial charge in [0.25, 0.3) is 0 Å². The second-order valence-electron chi connectivity index (χ2n) is 2.84. The summed E-state index contributed by atoms with van der Waals surface area (Å²) in [7, 11) is 0. The average molecular weight is 170 g/mol. The Labute approximate surface area is 71.6 Å². The molecular formula is C8H14N2S. The van der Waals surface area contributed by atoms with Crippen molar-refractivity contribution in [2.24, 2.45) is 11.7 Å². The second-order valence-corrected chi connectivity index (χ2v) is 3.50. The van der Waals surface area contributed by atoms with Crippen molar-refractivity contribution in [2.45, 2.75) is 26.3 Å². The van der Waals surface area contributed by atoms with Crippen LogP contribution in [0.1, 0.15) is 32.0 Å². The molecule has 0 radical (unpaired) electrons. The van der Waals surface area contributed by atoms with Gasteiger partial charge in [-0.2, -0.15) is 4.37 Å². The summed E-state index contributed by atoms with van der Waals surface area (Å²) in [5.74, 6) is 0.525. The lowest BCUT2D eigenvalue weighted by Gasteiger charge is -2.15. The molecule has 0 amide bonds. The quantitative estimate of drug-likeness (QED) is 0.755. The second kappa shape index (κ2) is 3.83. The van der Waals surface area contributed by atoms with E-state index in [4.69, 9.17) is 5.73 Å². The molecule has 0 spiro atoms. The fourth-order valence-corrected chi connectivity index (χ4v) is 1.50. The van der Waals surface area contributed by atoms with Gasteiger partial charge < -0.3 is 5.73 Å². The van der Waals surface area contributed by atoms with Gasteiger partial charge >= 0.3 is 0 Å². The SMILES string of the molecule is CC[C@H](C)[C@H](N)c1ccsn1. The molecule has 2 atom stereocenters. The number of hydrogen-bond donors (Lipinski definition) is 1. The third-order valence-corrected chi connectivity index (χ3v) is 2.63. The Bertz CT molecular complexity index is 196. The Morgan fingerprint density at radius 2 is 2.45 bits per heavy atom. The first-order chi connectivity index (χ1) is 5.25. The summed E-state index contributed by atoms with van der Waals surface area (Å²) in [5, 5.41) is 1.97. The van der Waals surface area contributed by atoms with E-state index in [1.54, 1.807) is 0 Å². The van der Waals surface area contributed by atoms with E-state index in [0.29, 0.717) is 5.92 Å². The molecule has 0 aromatic carbocycles. The van der Waals surface area contributed by atoms with E-state index in [1.807, 2.05) is 11.4 Å². The zero-order chi connectivity index (χ0) is 8.27. The lowest BCUT2D eigenvalue weighted by molar-refractivity contribution is 0.451. The van der Waals surface area contributed by atoms with Crippen molar-refractivity contribution in [3.63, 3.8) is 0 Å². The van der Waals surface area contributed by atoms with E-state index in [-0.39, 0.29) is 6.04 Å². The van der Waals surface area contributed by atoms with Crippen molar-refractivity contribution >= 4 is 11.5 Å². The number of nitrogens with two attached hydrogens (primary N) is 1. The van der Waals surface area contributed by atoms with Crippen LogP contribution in [0.15, 0.2) is 11.4 Å². The van der Waals surface area contributed by atoms with Crippen LogP contribution in [0.4, 0.5) is 0 Å². The average Bonchev–Trinajstić information content (AvgIpc) is 2.53. The lowest BCUT2D eigenvalue weighted by Crippen LogP contribution is -2.18. The molecule has 1 aromatic heterocycles. The smallest absolute Gasteiger partial charge is 0.0712 e. The number of nitrogens with zero attached hydrogens (tertiary/aromatic N) is 1. The Morgan fingerprint density at radius 3 is 2.91 bits per heavy atom. The summed E-state index contributed by atoms with van der Waals surface area (Å²) in [6.45, 7) is 4.31. The van der Waals surface area contributed by atoms with E-state index in [9.17, 15) is 0 Å². The monoisotopic (exact) mass is 170 g/mol. The third-order valence-electron chi connectivity index (χ3n) is 2.06. The first kappa shape index (κ1) is 8.68. The Morgan fingerprint density at radius 1 is 1.73 bits per heavy atom. The maximum atomic E-state index is 5.94. The van der Waals surface area contributed by atoms with E-state index >= 15 is 0 Å². The first-order valence-electron chi connectivity index (χ1n) is 3.91. The zero-order valence-electron chi connectivity index (χ0n) is 6.95. The summed E-state index contributed by atoms with van der Waals surface area (Å²) in [5.41, 5.74) is 6.97. The van der Waals surface area contributed by atoms with Crippen LogP contribution in [-0.4, -0.2) is 4.37 Å². The highest BCUT2D eigenvalue weighted by molar-refractivity contribution is 7.03. The zero-order valence-corrected chi connectivity index (χ0v) is 7.77. The summed E-state index contributed by atoms with van der Waals surface area (Å²) < 4.78 is 4.20. The summed E-state index contributed by atoms with van der Waals surface area (Å²) in [6, 6.07) is 2.12. The summed E-state index contributed by atoms with van der Waals surface area (Å²) in [6.07, 6.45) is 1.11. The molecule has 11 heavy (non-hydrogen) atoms. The molecule has 62 valence electrons. The van der Waals surface area contributed by atoms with E-state index in [0.717, 1.165) is 12.1 Å². The van der Waals surface area contributed by atoms with Crippen LogP contribution in [0.2, 0.25) is 0 Å². The molecule has 0 aliphatic rings. The molecule has 2 nitrogen and oxygen atoms in total. The van der Waals surface area contributed by atoms with Crippen LogP contribution in [0, 0.1) is 5.92 Å². The van der Waals surface area contributed by atoms with Crippen molar-refractivity contribution in [3.8, 4) is 0 Å².